The Morgan fingerprint density at radius 2 is 1.97 bits per heavy atom. The maximum absolute atomic E-state index is 13.4. The van der Waals surface area contributed by atoms with Crippen LogP contribution in [0, 0.1) is 0 Å². The largest absolute Gasteiger partial charge is 0.416 e. The average Bonchev–Trinajstić information content (AvgIpc) is 3.42. The smallest absolute Gasteiger partial charge is 0.268 e. The number of nitrogens with zero attached hydrogens (tertiary/aromatic N) is 6. The molecule has 0 atom stereocenters. The molecule has 1 saturated heterocycles. The molecule has 180 valence electrons. The van der Waals surface area contributed by atoms with Crippen molar-refractivity contribution in [2.75, 3.05) is 0 Å². The van der Waals surface area contributed by atoms with E-state index < -0.39 is 22.9 Å². The Hall–Kier alpha value is -3.71. The summed E-state index contributed by atoms with van der Waals surface area (Å²) in [5.74, 6) is -0.480. The molecule has 14 heteroatoms. The highest BCUT2D eigenvalue weighted by Gasteiger charge is 2.35. The van der Waals surface area contributed by atoms with Crippen LogP contribution >= 0.6 is 23.4 Å². The van der Waals surface area contributed by atoms with Crippen LogP contribution in [0.5, 0.6) is 0 Å². The van der Waals surface area contributed by atoms with E-state index in [0.717, 1.165) is 22.7 Å². The topological polar surface area (TPSA) is 110 Å². The number of carbonyl (C=O) groups is 2. The third-order valence-electron chi connectivity index (χ3n) is 4.71. The van der Waals surface area contributed by atoms with Crippen LogP contribution in [-0.4, -0.2) is 46.5 Å². The summed E-state index contributed by atoms with van der Waals surface area (Å²) < 4.78 is 41.4. The molecular weight excluding hydrogens is 507 g/mol. The fourth-order valence-electron chi connectivity index (χ4n) is 3.11. The molecule has 4 rings (SSSR count). The molecule has 0 unspecified atom stereocenters. The number of carbonyl (C=O) groups excluding carboxylic acids is 2. The Morgan fingerprint density at radius 3 is 2.71 bits per heavy atom. The minimum absolute atomic E-state index is 0.0128. The monoisotopic (exact) mass is 521 g/mol. The lowest BCUT2D eigenvalue weighted by Gasteiger charge is -2.13. The van der Waals surface area contributed by atoms with Crippen LogP contribution in [0.2, 0.25) is 5.02 Å². The number of halogens is 4. The fourth-order valence-corrected chi connectivity index (χ4v) is 4.12. The molecule has 3 aromatic rings. The van der Waals surface area contributed by atoms with E-state index in [1.807, 2.05) is 0 Å². The molecule has 35 heavy (non-hydrogen) atoms. The lowest BCUT2D eigenvalue weighted by Crippen LogP contribution is -2.27. The molecule has 1 aliphatic rings. The minimum Gasteiger partial charge on any atom is -0.268 e. The third kappa shape index (κ3) is 6.05. The lowest BCUT2D eigenvalue weighted by atomic mass is 10.1. The summed E-state index contributed by atoms with van der Waals surface area (Å²) in [5, 5.41) is 17.2. The highest BCUT2D eigenvalue weighted by Crippen LogP contribution is 2.34. The molecule has 2 aromatic heterocycles. The number of amides is 2. The average molecular weight is 522 g/mol. The van der Waals surface area contributed by atoms with E-state index in [-0.39, 0.29) is 28.6 Å². The molecule has 3 heterocycles. The highest BCUT2D eigenvalue weighted by atomic mass is 35.5. The Balaban J connectivity index is 1.56. The van der Waals surface area contributed by atoms with Gasteiger partial charge in [0, 0.05) is 11.2 Å². The van der Waals surface area contributed by atoms with Crippen molar-refractivity contribution in [2.24, 2.45) is 0 Å². The number of H-pyrrole nitrogens is 1. The maximum atomic E-state index is 13.4. The molecule has 2 amide bonds. The van der Waals surface area contributed by atoms with Crippen molar-refractivity contribution in [3.05, 3.63) is 87.3 Å². The van der Waals surface area contributed by atoms with Gasteiger partial charge < -0.3 is 0 Å². The first-order valence-corrected chi connectivity index (χ1v) is 11.1. The second-order valence-electron chi connectivity index (χ2n) is 7.15. The highest BCUT2D eigenvalue weighted by molar-refractivity contribution is 8.18. The molecule has 0 aliphatic carbocycles. The second kappa shape index (κ2) is 10.3. The number of hydrogen-bond acceptors (Lipinski definition) is 7. The molecule has 9 nitrogen and oxygen atoms in total. The first-order chi connectivity index (χ1) is 16.7. The molecule has 0 saturated carbocycles. The zero-order valence-corrected chi connectivity index (χ0v) is 19.2. The minimum atomic E-state index is -4.58. The van der Waals surface area contributed by atoms with Crippen LogP contribution in [0.25, 0.3) is 6.08 Å². The second-order valence-corrected chi connectivity index (χ2v) is 8.58. The number of imide groups is 1. The van der Waals surface area contributed by atoms with Gasteiger partial charge in [-0.2, -0.15) is 28.6 Å². The van der Waals surface area contributed by atoms with E-state index in [1.165, 1.54) is 41.5 Å². The van der Waals surface area contributed by atoms with Gasteiger partial charge in [0.1, 0.15) is 5.69 Å². The van der Waals surface area contributed by atoms with Crippen molar-refractivity contribution in [1.29, 1.82) is 0 Å². The van der Waals surface area contributed by atoms with E-state index in [9.17, 15) is 22.8 Å². The summed E-state index contributed by atoms with van der Waals surface area (Å²) >= 11 is 6.52. The van der Waals surface area contributed by atoms with Gasteiger partial charge in [0.05, 0.1) is 36.0 Å². The van der Waals surface area contributed by atoms with E-state index in [4.69, 9.17) is 11.6 Å². The molecule has 0 spiro atoms. The number of aromatic amines is 1. The molecule has 1 N–H and O–H groups in total. The van der Waals surface area contributed by atoms with Crippen molar-refractivity contribution in [2.45, 2.75) is 19.3 Å². The molecule has 0 radical (unpaired) electrons. The van der Waals surface area contributed by atoms with Crippen molar-refractivity contribution in [1.82, 2.24) is 35.3 Å². The third-order valence-corrected chi connectivity index (χ3v) is 5.86. The summed E-state index contributed by atoms with van der Waals surface area (Å²) in [6, 6.07) is 8.22. The lowest BCUT2D eigenvalue weighted by molar-refractivity contribution is -0.138. The number of aromatic nitrogens is 6. The SMILES string of the molecule is O=C1SC(=Cc2cccn(Cc3ccc(Cl)cc3C(F)(F)F)nncc2)C(=O)N1Cc1cn[nH]n1. The van der Waals surface area contributed by atoms with Gasteiger partial charge in [-0.25, -0.2) is 4.68 Å². The van der Waals surface area contributed by atoms with Gasteiger partial charge in [0.15, 0.2) is 0 Å². The normalized spacial score (nSPS) is 15.1. The van der Waals surface area contributed by atoms with Gasteiger partial charge in [-0.1, -0.05) is 28.9 Å². The van der Waals surface area contributed by atoms with Crippen LogP contribution in [0.1, 0.15) is 22.4 Å². The Labute approximate surface area is 205 Å². The number of nitrogens with one attached hydrogen (secondary N) is 1. The van der Waals surface area contributed by atoms with Gasteiger partial charge in [-0.15, -0.1) is 5.10 Å². The van der Waals surface area contributed by atoms with Gasteiger partial charge >= 0.3 is 6.18 Å². The fraction of sp³-hybridized carbons (Fsp3) is 0.143. The van der Waals surface area contributed by atoms with Gasteiger partial charge in [-0.3, -0.25) is 14.5 Å². The molecule has 0 bridgehead atoms. The van der Waals surface area contributed by atoms with Crippen LogP contribution < -0.4 is 0 Å². The zero-order valence-electron chi connectivity index (χ0n) is 17.6. The van der Waals surface area contributed by atoms with Crippen molar-refractivity contribution in [3.63, 3.8) is 0 Å². The summed E-state index contributed by atoms with van der Waals surface area (Å²) in [7, 11) is 0. The quantitative estimate of drug-likeness (QED) is 0.493. The summed E-state index contributed by atoms with van der Waals surface area (Å²) in [5.41, 5.74) is 0.0738. The van der Waals surface area contributed by atoms with E-state index in [0.29, 0.717) is 11.3 Å². The van der Waals surface area contributed by atoms with Crippen LogP contribution in [-0.2, 0) is 24.1 Å². The van der Waals surface area contributed by atoms with Crippen molar-refractivity contribution in [3.8, 4) is 0 Å². The standard InChI is InChI=1S/C21H15ClF3N7O2S/c22-15-4-3-14(17(9-15)21(23,24)25)11-31-7-1-2-13(5-6-26-30-31)8-18-19(33)32(20(34)35-18)12-16-10-27-29-28-16/h1-10H,11-12H2,(H,27,28,29). The maximum Gasteiger partial charge on any atom is 0.416 e. The molecular formula is C21H15ClF3N7O2S. The molecule has 1 aliphatic heterocycles. The molecule has 1 aromatic carbocycles. The zero-order chi connectivity index (χ0) is 25.0. The molecule has 1 fully saturated rings. The summed E-state index contributed by atoms with van der Waals surface area (Å²) in [6.07, 6.45) is 1.12. The van der Waals surface area contributed by atoms with E-state index in [1.54, 1.807) is 18.2 Å². The Morgan fingerprint density at radius 1 is 1.14 bits per heavy atom. The summed E-state index contributed by atoms with van der Waals surface area (Å²) in [4.78, 5) is 26.2. The Kier molecular flexibility index (Phi) is 7.17. The summed E-state index contributed by atoms with van der Waals surface area (Å²) in [6.45, 7) is -0.217. The number of benzene rings is 1. The number of rotatable bonds is 5. The van der Waals surface area contributed by atoms with Crippen molar-refractivity contribution >= 4 is 40.6 Å². The van der Waals surface area contributed by atoms with Gasteiger partial charge in [-0.05, 0) is 53.2 Å². The first-order valence-electron chi connectivity index (χ1n) is 9.89. The number of hydrogen-bond donors (Lipinski definition) is 1. The van der Waals surface area contributed by atoms with Crippen LogP contribution in [0.4, 0.5) is 18.0 Å². The number of thioether (sulfide) groups is 1. The Bertz CT molecular complexity index is 1340. The van der Waals surface area contributed by atoms with E-state index in [2.05, 4.69) is 25.7 Å². The predicted octanol–water partition coefficient (Wildman–Crippen LogP) is 4.48. The predicted molar refractivity (Wildman–Crippen MR) is 121 cm³/mol. The number of alkyl halides is 3. The van der Waals surface area contributed by atoms with Crippen molar-refractivity contribution < 1.29 is 22.8 Å². The van der Waals surface area contributed by atoms with E-state index >= 15 is 0 Å². The van der Waals surface area contributed by atoms with Gasteiger partial charge in [0.25, 0.3) is 11.1 Å². The van der Waals surface area contributed by atoms with Gasteiger partial charge in [0.2, 0.25) is 0 Å². The van der Waals surface area contributed by atoms with Crippen LogP contribution in [0.15, 0.2) is 59.9 Å². The van der Waals surface area contributed by atoms with Crippen LogP contribution in [0.3, 0.4) is 0 Å². The first kappa shape index (κ1) is 24.4.